The second-order valence-corrected chi connectivity index (χ2v) is 6.32. The quantitative estimate of drug-likeness (QED) is 0.838. The number of hydrogen-bond donors (Lipinski definition) is 0. The third-order valence-electron chi connectivity index (χ3n) is 4.20. The molecule has 0 radical (unpaired) electrons. The zero-order valence-electron chi connectivity index (χ0n) is 13.2. The van der Waals surface area contributed by atoms with Gasteiger partial charge in [-0.05, 0) is 36.8 Å². The Bertz CT molecular complexity index is 693. The van der Waals surface area contributed by atoms with Gasteiger partial charge in [-0.2, -0.15) is 0 Å². The summed E-state index contributed by atoms with van der Waals surface area (Å²) in [5, 5.41) is 0.676. The summed E-state index contributed by atoms with van der Waals surface area (Å²) in [6.07, 6.45) is 1.81. The Morgan fingerprint density at radius 3 is 2.57 bits per heavy atom. The lowest BCUT2D eigenvalue weighted by molar-refractivity contribution is 0.0595. The van der Waals surface area contributed by atoms with Crippen molar-refractivity contribution < 1.29 is 9.53 Å². The Labute approximate surface area is 141 Å². The fourth-order valence-corrected chi connectivity index (χ4v) is 3.07. The number of halogens is 1. The van der Waals surface area contributed by atoms with E-state index in [2.05, 4.69) is 0 Å². The molecule has 1 fully saturated rings. The van der Waals surface area contributed by atoms with Crippen molar-refractivity contribution in [3.05, 3.63) is 64.7 Å². The molecule has 3 rings (SSSR count). The predicted molar refractivity (Wildman–Crippen MR) is 92.2 cm³/mol. The Morgan fingerprint density at radius 1 is 1.13 bits per heavy atom. The number of carbonyl (C=O) groups is 1. The fourth-order valence-electron chi connectivity index (χ4n) is 2.89. The van der Waals surface area contributed by atoms with E-state index in [0.717, 1.165) is 42.8 Å². The molecule has 2 aromatic rings. The average Bonchev–Trinajstić information content (AvgIpc) is 2.55. The highest BCUT2D eigenvalue weighted by molar-refractivity contribution is 6.30. The van der Waals surface area contributed by atoms with Gasteiger partial charge < -0.3 is 9.64 Å². The van der Waals surface area contributed by atoms with Crippen molar-refractivity contribution in [3.63, 3.8) is 0 Å². The Morgan fingerprint density at radius 2 is 1.87 bits per heavy atom. The zero-order chi connectivity index (χ0) is 16.2. The standard InChI is InChI=1S/C19H20ClNO2/c1-14-5-2-3-8-18(14)19(22)21-11-9-16(10-12-21)23-17-7-4-6-15(20)13-17/h2-8,13,16H,9-12H2,1H3. The van der Waals surface area contributed by atoms with Crippen molar-refractivity contribution in [2.45, 2.75) is 25.9 Å². The van der Waals surface area contributed by atoms with Crippen molar-refractivity contribution in [2.75, 3.05) is 13.1 Å². The smallest absolute Gasteiger partial charge is 0.254 e. The lowest BCUT2D eigenvalue weighted by Crippen LogP contribution is -2.42. The van der Waals surface area contributed by atoms with Gasteiger partial charge in [0, 0.05) is 36.5 Å². The highest BCUT2D eigenvalue weighted by Gasteiger charge is 2.25. The molecule has 0 aliphatic carbocycles. The van der Waals surface area contributed by atoms with Gasteiger partial charge in [-0.1, -0.05) is 35.9 Å². The fraction of sp³-hybridized carbons (Fsp3) is 0.316. The van der Waals surface area contributed by atoms with Crippen LogP contribution in [-0.2, 0) is 0 Å². The van der Waals surface area contributed by atoms with Crippen LogP contribution in [0.4, 0.5) is 0 Å². The van der Waals surface area contributed by atoms with Crippen LogP contribution in [0.3, 0.4) is 0 Å². The van der Waals surface area contributed by atoms with Crippen LogP contribution >= 0.6 is 11.6 Å². The van der Waals surface area contributed by atoms with E-state index in [-0.39, 0.29) is 12.0 Å². The molecule has 2 aromatic carbocycles. The molecule has 0 atom stereocenters. The normalized spacial score (nSPS) is 15.5. The molecule has 0 unspecified atom stereocenters. The largest absolute Gasteiger partial charge is 0.490 e. The first kappa shape index (κ1) is 15.9. The van der Waals surface area contributed by atoms with Gasteiger partial charge in [-0.15, -0.1) is 0 Å². The number of ether oxygens (including phenoxy) is 1. The van der Waals surface area contributed by atoms with Crippen LogP contribution in [0.2, 0.25) is 5.02 Å². The summed E-state index contributed by atoms with van der Waals surface area (Å²) in [6, 6.07) is 15.2. The zero-order valence-corrected chi connectivity index (χ0v) is 13.9. The number of likely N-dealkylation sites (tertiary alicyclic amines) is 1. The molecular formula is C19H20ClNO2. The summed E-state index contributed by atoms with van der Waals surface area (Å²) in [5.41, 5.74) is 1.82. The van der Waals surface area contributed by atoms with Gasteiger partial charge in [0.25, 0.3) is 5.91 Å². The van der Waals surface area contributed by atoms with Gasteiger partial charge >= 0.3 is 0 Å². The number of amides is 1. The van der Waals surface area contributed by atoms with E-state index in [1.807, 2.05) is 60.4 Å². The summed E-state index contributed by atoms with van der Waals surface area (Å²) in [6.45, 7) is 3.42. The van der Waals surface area contributed by atoms with Crippen molar-refractivity contribution in [2.24, 2.45) is 0 Å². The average molecular weight is 330 g/mol. The van der Waals surface area contributed by atoms with E-state index in [1.54, 1.807) is 0 Å². The molecule has 0 aromatic heterocycles. The van der Waals surface area contributed by atoms with Crippen molar-refractivity contribution in [1.82, 2.24) is 4.90 Å². The van der Waals surface area contributed by atoms with Crippen LogP contribution in [0.5, 0.6) is 5.75 Å². The highest BCUT2D eigenvalue weighted by Crippen LogP contribution is 2.23. The molecule has 1 aliphatic rings. The van der Waals surface area contributed by atoms with Crippen molar-refractivity contribution in [1.29, 1.82) is 0 Å². The molecule has 1 amide bonds. The van der Waals surface area contributed by atoms with E-state index < -0.39 is 0 Å². The first-order valence-electron chi connectivity index (χ1n) is 7.90. The van der Waals surface area contributed by atoms with E-state index in [4.69, 9.17) is 16.3 Å². The van der Waals surface area contributed by atoms with E-state index >= 15 is 0 Å². The van der Waals surface area contributed by atoms with E-state index in [9.17, 15) is 4.79 Å². The highest BCUT2D eigenvalue weighted by atomic mass is 35.5. The number of hydrogen-bond acceptors (Lipinski definition) is 2. The van der Waals surface area contributed by atoms with Gasteiger partial charge in [0.1, 0.15) is 11.9 Å². The summed E-state index contributed by atoms with van der Waals surface area (Å²) >= 11 is 5.98. The molecule has 120 valence electrons. The number of benzene rings is 2. The summed E-state index contributed by atoms with van der Waals surface area (Å²) in [5.74, 6) is 0.908. The minimum Gasteiger partial charge on any atom is -0.490 e. The van der Waals surface area contributed by atoms with Gasteiger partial charge in [-0.3, -0.25) is 4.79 Å². The van der Waals surface area contributed by atoms with Crippen LogP contribution in [0.15, 0.2) is 48.5 Å². The van der Waals surface area contributed by atoms with Gasteiger partial charge in [0.2, 0.25) is 0 Å². The maximum absolute atomic E-state index is 12.6. The summed E-state index contributed by atoms with van der Waals surface area (Å²) in [7, 11) is 0. The second kappa shape index (κ2) is 7.05. The maximum Gasteiger partial charge on any atom is 0.254 e. The number of aryl methyl sites for hydroxylation is 1. The molecule has 0 saturated carbocycles. The molecular weight excluding hydrogens is 310 g/mol. The maximum atomic E-state index is 12.6. The van der Waals surface area contributed by atoms with E-state index in [1.165, 1.54) is 0 Å². The minimum atomic E-state index is 0.115. The van der Waals surface area contributed by atoms with Crippen LogP contribution in [-0.4, -0.2) is 30.0 Å². The second-order valence-electron chi connectivity index (χ2n) is 5.88. The third kappa shape index (κ3) is 3.85. The number of carbonyl (C=O) groups excluding carboxylic acids is 1. The molecule has 4 heteroatoms. The van der Waals surface area contributed by atoms with Crippen LogP contribution in [0.25, 0.3) is 0 Å². The molecule has 3 nitrogen and oxygen atoms in total. The number of rotatable bonds is 3. The first-order valence-corrected chi connectivity index (χ1v) is 8.28. The summed E-state index contributed by atoms with van der Waals surface area (Å²) in [4.78, 5) is 14.5. The lowest BCUT2D eigenvalue weighted by atomic mass is 10.0. The van der Waals surface area contributed by atoms with E-state index in [0.29, 0.717) is 5.02 Å². The Balaban J connectivity index is 1.58. The molecule has 0 spiro atoms. The van der Waals surface area contributed by atoms with Crippen LogP contribution < -0.4 is 4.74 Å². The van der Waals surface area contributed by atoms with Gasteiger partial charge in [-0.25, -0.2) is 0 Å². The van der Waals surface area contributed by atoms with Gasteiger partial charge in [0.05, 0.1) is 0 Å². The van der Waals surface area contributed by atoms with Crippen molar-refractivity contribution in [3.8, 4) is 5.75 Å². The van der Waals surface area contributed by atoms with Crippen LogP contribution in [0.1, 0.15) is 28.8 Å². The topological polar surface area (TPSA) is 29.5 Å². The van der Waals surface area contributed by atoms with Crippen molar-refractivity contribution >= 4 is 17.5 Å². The third-order valence-corrected chi connectivity index (χ3v) is 4.44. The molecule has 1 aliphatic heterocycles. The number of nitrogens with zero attached hydrogens (tertiary/aromatic N) is 1. The molecule has 0 bridgehead atoms. The molecule has 0 N–H and O–H groups in total. The molecule has 23 heavy (non-hydrogen) atoms. The van der Waals surface area contributed by atoms with Gasteiger partial charge in [0.15, 0.2) is 0 Å². The Hall–Kier alpha value is -2.00. The lowest BCUT2D eigenvalue weighted by Gasteiger charge is -2.32. The Kier molecular flexibility index (Phi) is 4.87. The van der Waals surface area contributed by atoms with Crippen LogP contribution in [0, 0.1) is 6.92 Å². The molecule has 1 heterocycles. The summed E-state index contributed by atoms with van der Waals surface area (Å²) < 4.78 is 5.97. The minimum absolute atomic E-state index is 0.115. The number of piperidine rings is 1. The first-order chi connectivity index (χ1) is 11.1. The predicted octanol–water partition coefficient (Wildman–Crippen LogP) is 4.33. The SMILES string of the molecule is Cc1ccccc1C(=O)N1CCC(Oc2cccc(Cl)c2)CC1. The monoisotopic (exact) mass is 329 g/mol. The molecule has 1 saturated heterocycles.